The molecule has 1 atom stereocenters. The predicted octanol–water partition coefficient (Wildman–Crippen LogP) is 0.781. The number of carbonyl (C=O) groups excluding carboxylic acids is 1. The van der Waals surface area contributed by atoms with Crippen LogP contribution in [0.5, 0.6) is 0 Å². The second-order valence-electron chi connectivity index (χ2n) is 4.11. The van der Waals surface area contributed by atoms with E-state index in [0.29, 0.717) is 25.8 Å². The summed E-state index contributed by atoms with van der Waals surface area (Å²) in [6.07, 6.45) is 2.47. The van der Waals surface area contributed by atoms with E-state index in [1.807, 2.05) is 13.8 Å². The minimum Gasteiger partial charge on any atom is -0.393 e. The van der Waals surface area contributed by atoms with Gasteiger partial charge in [-0.2, -0.15) is 0 Å². The van der Waals surface area contributed by atoms with E-state index in [9.17, 15) is 4.79 Å². The second-order valence-corrected chi connectivity index (χ2v) is 4.11. The molecular formula is C11H24N2O2. The van der Waals surface area contributed by atoms with Crippen LogP contribution in [0.4, 0.5) is 0 Å². The van der Waals surface area contributed by atoms with Crippen molar-refractivity contribution in [1.29, 1.82) is 0 Å². The van der Waals surface area contributed by atoms with Gasteiger partial charge in [-0.3, -0.25) is 4.79 Å². The average Bonchev–Trinajstić information content (AvgIpc) is 2.22. The molecule has 90 valence electrons. The number of rotatable bonds is 7. The van der Waals surface area contributed by atoms with Crippen molar-refractivity contribution in [2.24, 2.45) is 5.73 Å². The average molecular weight is 216 g/mol. The molecule has 0 bridgehead atoms. The molecule has 0 fully saturated rings. The second kappa shape index (κ2) is 6.80. The monoisotopic (exact) mass is 216 g/mol. The van der Waals surface area contributed by atoms with Crippen molar-refractivity contribution < 1.29 is 9.90 Å². The van der Waals surface area contributed by atoms with Gasteiger partial charge >= 0.3 is 0 Å². The Morgan fingerprint density at radius 3 is 2.40 bits per heavy atom. The molecule has 4 N–H and O–H groups in total. The van der Waals surface area contributed by atoms with E-state index < -0.39 is 5.54 Å². The van der Waals surface area contributed by atoms with Gasteiger partial charge < -0.3 is 16.2 Å². The number of hydrogen-bond acceptors (Lipinski definition) is 3. The van der Waals surface area contributed by atoms with E-state index >= 15 is 0 Å². The SMILES string of the molecule is CCC(N)(CC)C(=O)NCCCC(C)O. The first-order chi connectivity index (χ1) is 6.96. The van der Waals surface area contributed by atoms with Crippen molar-refractivity contribution in [3.8, 4) is 0 Å². The first kappa shape index (κ1) is 14.4. The molecule has 0 saturated heterocycles. The molecule has 0 aliphatic carbocycles. The summed E-state index contributed by atoms with van der Waals surface area (Å²) >= 11 is 0. The maximum absolute atomic E-state index is 11.7. The summed E-state index contributed by atoms with van der Waals surface area (Å²) in [6.45, 7) is 6.16. The third-order valence-electron chi connectivity index (χ3n) is 2.80. The molecule has 15 heavy (non-hydrogen) atoms. The summed E-state index contributed by atoms with van der Waals surface area (Å²) in [5.74, 6) is -0.0851. The topological polar surface area (TPSA) is 75.4 Å². The van der Waals surface area contributed by atoms with E-state index in [4.69, 9.17) is 10.8 Å². The summed E-state index contributed by atoms with van der Waals surface area (Å²) in [5, 5.41) is 11.8. The van der Waals surface area contributed by atoms with Crippen LogP contribution in [0.25, 0.3) is 0 Å². The highest BCUT2D eigenvalue weighted by molar-refractivity contribution is 5.85. The Morgan fingerprint density at radius 2 is 2.00 bits per heavy atom. The van der Waals surface area contributed by atoms with Crippen molar-refractivity contribution in [3.63, 3.8) is 0 Å². The summed E-state index contributed by atoms with van der Waals surface area (Å²) in [5.41, 5.74) is 5.19. The first-order valence-electron chi connectivity index (χ1n) is 5.71. The van der Waals surface area contributed by atoms with Gasteiger partial charge in [-0.05, 0) is 32.6 Å². The Bertz CT molecular complexity index is 189. The summed E-state index contributed by atoms with van der Waals surface area (Å²) in [4.78, 5) is 11.7. The molecule has 0 saturated carbocycles. The van der Waals surface area contributed by atoms with Gasteiger partial charge in [0.15, 0.2) is 0 Å². The van der Waals surface area contributed by atoms with Crippen LogP contribution in [0.15, 0.2) is 0 Å². The van der Waals surface area contributed by atoms with Crippen molar-refractivity contribution >= 4 is 5.91 Å². The van der Waals surface area contributed by atoms with Gasteiger partial charge in [0.1, 0.15) is 0 Å². The number of aliphatic hydroxyl groups is 1. The van der Waals surface area contributed by atoms with Gasteiger partial charge in [-0.1, -0.05) is 13.8 Å². The Morgan fingerprint density at radius 1 is 1.47 bits per heavy atom. The molecule has 0 rings (SSSR count). The zero-order chi connectivity index (χ0) is 11.9. The lowest BCUT2D eigenvalue weighted by atomic mass is 9.93. The Hall–Kier alpha value is -0.610. The van der Waals surface area contributed by atoms with Crippen LogP contribution >= 0.6 is 0 Å². The number of carbonyl (C=O) groups is 1. The molecule has 1 unspecified atom stereocenters. The standard InChI is InChI=1S/C11H24N2O2/c1-4-11(12,5-2)10(15)13-8-6-7-9(3)14/h9,14H,4-8,12H2,1-3H3,(H,13,15). The van der Waals surface area contributed by atoms with Crippen molar-refractivity contribution in [1.82, 2.24) is 5.32 Å². The molecule has 0 aromatic carbocycles. The van der Waals surface area contributed by atoms with Gasteiger partial charge in [0, 0.05) is 6.54 Å². The molecule has 0 radical (unpaired) electrons. The molecule has 0 aromatic rings. The highest BCUT2D eigenvalue weighted by Gasteiger charge is 2.29. The molecule has 1 amide bonds. The number of nitrogens with one attached hydrogen (secondary N) is 1. The lowest BCUT2D eigenvalue weighted by Crippen LogP contribution is -2.53. The summed E-state index contributed by atoms with van der Waals surface area (Å²) < 4.78 is 0. The van der Waals surface area contributed by atoms with Crippen LogP contribution in [-0.2, 0) is 4.79 Å². The smallest absolute Gasteiger partial charge is 0.240 e. The lowest BCUT2D eigenvalue weighted by Gasteiger charge is -2.25. The van der Waals surface area contributed by atoms with Crippen molar-refractivity contribution in [2.45, 2.75) is 58.1 Å². The van der Waals surface area contributed by atoms with E-state index in [1.165, 1.54) is 0 Å². The molecule has 4 heteroatoms. The van der Waals surface area contributed by atoms with Crippen LogP contribution in [0.1, 0.15) is 46.5 Å². The predicted molar refractivity (Wildman–Crippen MR) is 61.4 cm³/mol. The molecule has 0 aromatic heterocycles. The van der Waals surface area contributed by atoms with E-state index in [1.54, 1.807) is 6.92 Å². The van der Waals surface area contributed by atoms with Gasteiger partial charge in [-0.15, -0.1) is 0 Å². The molecule has 0 aliphatic heterocycles. The van der Waals surface area contributed by atoms with Crippen LogP contribution in [0.3, 0.4) is 0 Å². The Labute approximate surface area is 92.2 Å². The molecule has 0 spiro atoms. The van der Waals surface area contributed by atoms with Crippen LogP contribution in [-0.4, -0.2) is 29.2 Å². The van der Waals surface area contributed by atoms with Gasteiger partial charge in [0.25, 0.3) is 0 Å². The zero-order valence-electron chi connectivity index (χ0n) is 10.0. The zero-order valence-corrected chi connectivity index (χ0v) is 10.0. The van der Waals surface area contributed by atoms with Crippen molar-refractivity contribution in [2.75, 3.05) is 6.54 Å². The molecular weight excluding hydrogens is 192 g/mol. The Balaban J connectivity index is 3.82. The van der Waals surface area contributed by atoms with Gasteiger partial charge in [0.2, 0.25) is 5.91 Å². The number of hydrogen-bond donors (Lipinski definition) is 3. The fourth-order valence-corrected chi connectivity index (χ4v) is 1.35. The summed E-state index contributed by atoms with van der Waals surface area (Å²) in [6, 6.07) is 0. The Kier molecular flexibility index (Phi) is 6.52. The first-order valence-corrected chi connectivity index (χ1v) is 5.71. The molecule has 0 heterocycles. The maximum atomic E-state index is 11.7. The minimum atomic E-state index is -0.731. The van der Waals surface area contributed by atoms with E-state index in [0.717, 1.165) is 6.42 Å². The van der Waals surface area contributed by atoms with E-state index in [2.05, 4.69) is 5.32 Å². The number of nitrogens with two attached hydrogens (primary N) is 1. The fraction of sp³-hybridized carbons (Fsp3) is 0.909. The van der Waals surface area contributed by atoms with Crippen LogP contribution < -0.4 is 11.1 Å². The third-order valence-corrected chi connectivity index (χ3v) is 2.80. The number of amides is 1. The van der Waals surface area contributed by atoms with Crippen molar-refractivity contribution in [3.05, 3.63) is 0 Å². The molecule has 4 nitrogen and oxygen atoms in total. The van der Waals surface area contributed by atoms with Gasteiger partial charge in [-0.25, -0.2) is 0 Å². The maximum Gasteiger partial charge on any atom is 0.240 e. The number of aliphatic hydroxyl groups excluding tert-OH is 1. The third kappa shape index (κ3) is 5.14. The minimum absolute atomic E-state index is 0.0851. The highest BCUT2D eigenvalue weighted by atomic mass is 16.3. The van der Waals surface area contributed by atoms with Crippen LogP contribution in [0, 0.1) is 0 Å². The fourth-order valence-electron chi connectivity index (χ4n) is 1.35. The summed E-state index contributed by atoms with van der Waals surface area (Å²) in [7, 11) is 0. The van der Waals surface area contributed by atoms with Crippen LogP contribution in [0.2, 0.25) is 0 Å². The largest absolute Gasteiger partial charge is 0.393 e. The quantitative estimate of drug-likeness (QED) is 0.550. The highest BCUT2D eigenvalue weighted by Crippen LogP contribution is 2.10. The van der Waals surface area contributed by atoms with Gasteiger partial charge in [0.05, 0.1) is 11.6 Å². The lowest BCUT2D eigenvalue weighted by molar-refractivity contribution is -0.126. The normalized spacial score (nSPS) is 13.7. The van der Waals surface area contributed by atoms with E-state index in [-0.39, 0.29) is 12.0 Å². The molecule has 0 aliphatic rings.